The van der Waals surface area contributed by atoms with Crippen molar-refractivity contribution >= 4 is 29.3 Å². The number of aromatic nitrogens is 2. The van der Waals surface area contributed by atoms with E-state index in [1.165, 1.54) is 19.1 Å². The van der Waals surface area contributed by atoms with Crippen LogP contribution in [0.15, 0.2) is 30.5 Å². The molecule has 2 amide bonds. The van der Waals surface area contributed by atoms with Crippen LogP contribution in [0.25, 0.3) is 6.08 Å². The first-order valence-electron chi connectivity index (χ1n) is 7.18. The van der Waals surface area contributed by atoms with Gasteiger partial charge in [0.1, 0.15) is 11.6 Å². The number of aryl methyl sites for hydroxylation is 1. The molecule has 0 radical (unpaired) electrons. The van der Waals surface area contributed by atoms with Crippen molar-refractivity contribution in [2.45, 2.75) is 20.4 Å². The van der Waals surface area contributed by atoms with Crippen molar-refractivity contribution in [2.24, 2.45) is 0 Å². The van der Waals surface area contributed by atoms with E-state index in [0.717, 1.165) is 6.07 Å². The van der Waals surface area contributed by atoms with Crippen LogP contribution >= 0.6 is 0 Å². The van der Waals surface area contributed by atoms with Crippen LogP contribution in [0.1, 0.15) is 19.5 Å². The zero-order valence-electron chi connectivity index (χ0n) is 13.1. The van der Waals surface area contributed by atoms with Gasteiger partial charge in [0.05, 0.1) is 17.1 Å². The quantitative estimate of drug-likeness (QED) is 0.826. The first-order chi connectivity index (χ1) is 11.4. The van der Waals surface area contributed by atoms with Gasteiger partial charge in [0.25, 0.3) is 0 Å². The maximum absolute atomic E-state index is 13.8. The summed E-state index contributed by atoms with van der Waals surface area (Å²) in [5, 5.41) is 8.58. The van der Waals surface area contributed by atoms with Crippen LogP contribution in [0.3, 0.4) is 0 Å². The van der Waals surface area contributed by atoms with Gasteiger partial charge >= 0.3 is 0 Å². The van der Waals surface area contributed by atoms with Gasteiger partial charge < -0.3 is 10.6 Å². The van der Waals surface area contributed by atoms with Gasteiger partial charge in [0, 0.05) is 31.8 Å². The van der Waals surface area contributed by atoms with Crippen molar-refractivity contribution < 1.29 is 18.4 Å². The Balaban J connectivity index is 2.15. The second-order valence-corrected chi connectivity index (χ2v) is 4.89. The summed E-state index contributed by atoms with van der Waals surface area (Å²) in [6.07, 6.45) is 4.34. The minimum Gasteiger partial charge on any atom is -0.324 e. The molecule has 1 aromatic carbocycles. The summed E-state index contributed by atoms with van der Waals surface area (Å²) in [5.74, 6) is -2.98. The molecule has 0 fully saturated rings. The molecule has 126 valence electrons. The molecule has 24 heavy (non-hydrogen) atoms. The van der Waals surface area contributed by atoms with E-state index in [9.17, 15) is 18.4 Å². The summed E-state index contributed by atoms with van der Waals surface area (Å²) in [4.78, 5) is 22.9. The summed E-state index contributed by atoms with van der Waals surface area (Å²) in [6, 6.07) is 3.34. The highest BCUT2D eigenvalue weighted by molar-refractivity contribution is 6.02. The van der Waals surface area contributed by atoms with Crippen LogP contribution in [-0.2, 0) is 16.1 Å². The fourth-order valence-corrected chi connectivity index (χ4v) is 2.01. The number of rotatable bonds is 5. The Kier molecular flexibility index (Phi) is 5.41. The first-order valence-corrected chi connectivity index (χ1v) is 7.18. The molecule has 2 aromatic rings. The Labute approximate surface area is 137 Å². The second kappa shape index (κ2) is 7.49. The number of anilines is 2. The van der Waals surface area contributed by atoms with Crippen molar-refractivity contribution in [3.63, 3.8) is 0 Å². The maximum atomic E-state index is 13.8. The Morgan fingerprint density at radius 3 is 2.50 bits per heavy atom. The number of halogens is 2. The molecule has 0 saturated heterocycles. The van der Waals surface area contributed by atoms with E-state index < -0.39 is 23.4 Å². The highest BCUT2D eigenvalue weighted by atomic mass is 19.1. The minimum atomic E-state index is -0.943. The van der Waals surface area contributed by atoms with Crippen molar-refractivity contribution in [3.8, 4) is 0 Å². The number of amides is 2. The van der Waals surface area contributed by atoms with E-state index in [0.29, 0.717) is 18.3 Å². The molecule has 0 atom stereocenters. The van der Waals surface area contributed by atoms with Gasteiger partial charge in [-0.15, -0.1) is 0 Å². The molecule has 0 unspecified atom stereocenters. The fourth-order valence-electron chi connectivity index (χ4n) is 2.01. The monoisotopic (exact) mass is 334 g/mol. The lowest BCUT2D eigenvalue weighted by atomic mass is 10.2. The zero-order valence-corrected chi connectivity index (χ0v) is 13.1. The molecule has 0 aliphatic rings. The van der Waals surface area contributed by atoms with Gasteiger partial charge in [-0.25, -0.2) is 8.78 Å². The topological polar surface area (TPSA) is 76.0 Å². The number of nitrogens with one attached hydrogen (secondary N) is 2. The molecule has 1 heterocycles. The normalized spacial score (nSPS) is 10.8. The minimum absolute atomic E-state index is 0.216. The highest BCUT2D eigenvalue weighted by Crippen LogP contribution is 2.23. The number of hydrogen-bond acceptors (Lipinski definition) is 3. The lowest BCUT2D eigenvalue weighted by Gasteiger charge is -2.09. The van der Waals surface area contributed by atoms with E-state index in [1.54, 1.807) is 16.9 Å². The van der Waals surface area contributed by atoms with Gasteiger partial charge in [-0.05, 0) is 25.1 Å². The Morgan fingerprint density at radius 1 is 1.21 bits per heavy atom. The summed E-state index contributed by atoms with van der Waals surface area (Å²) < 4.78 is 29.0. The number of carbonyl (C=O) groups is 2. The van der Waals surface area contributed by atoms with Gasteiger partial charge in [-0.1, -0.05) is 0 Å². The van der Waals surface area contributed by atoms with Crippen LogP contribution in [0.5, 0.6) is 0 Å². The molecule has 8 heteroatoms. The average Bonchev–Trinajstić information content (AvgIpc) is 2.97. The van der Waals surface area contributed by atoms with Gasteiger partial charge in [-0.2, -0.15) is 5.10 Å². The largest absolute Gasteiger partial charge is 0.324 e. The number of hydrogen-bond donors (Lipinski definition) is 2. The smallest absolute Gasteiger partial charge is 0.248 e. The lowest BCUT2D eigenvalue weighted by Crippen LogP contribution is -2.12. The molecular formula is C16H16F2N4O2. The zero-order chi connectivity index (χ0) is 17.7. The molecule has 6 nitrogen and oxygen atoms in total. The molecule has 0 bridgehead atoms. The molecule has 0 saturated carbocycles. The summed E-state index contributed by atoms with van der Waals surface area (Å²) in [6.45, 7) is 3.74. The molecule has 0 spiro atoms. The lowest BCUT2D eigenvalue weighted by molar-refractivity contribution is -0.114. The first kappa shape index (κ1) is 17.3. The third-order valence-electron chi connectivity index (χ3n) is 3.08. The molecule has 0 aliphatic carbocycles. The molecule has 2 N–H and O–H groups in total. The summed E-state index contributed by atoms with van der Waals surface area (Å²) in [5.41, 5.74) is 0.261. The Hall–Kier alpha value is -3.03. The van der Waals surface area contributed by atoms with Crippen LogP contribution in [-0.4, -0.2) is 21.6 Å². The van der Waals surface area contributed by atoms with Crippen molar-refractivity contribution in [3.05, 3.63) is 47.8 Å². The SMILES string of the molecule is CCn1nccc1C=CC(=O)Nc1cc(NC(C)=O)c(F)cc1F. The van der Waals surface area contributed by atoms with E-state index in [1.807, 2.05) is 6.92 Å². The molecule has 0 aliphatic heterocycles. The van der Waals surface area contributed by atoms with Crippen molar-refractivity contribution in [2.75, 3.05) is 10.6 Å². The maximum Gasteiger partial charge on any atom is 0.248 e. The molecule has 2 rings (SSSR count). The molecule has 1 aromatic heterocycles. The van der Waals surface area contributed by atoms with E-state index in [-0.39, 0.29) is 11.4 Å². The van der Waals surface area contributed by atoms with Gasteiger partial charge in [0.15, 0.2) is 0 Å². The van der Waals surface area contributed by atoms with Gasteiger partial charge in [0.2, 0.25) is 11.8 Å². The van der Waals surface area contributed by atoms with Crippen LogP contribution in [0, 0.1) is 11.6 Å². The van der Waals surface area contributed by atoms with Gasteiger partial charge in [-0.3, -0.25) is 14.3 Å². The van der Waals surface area contributed by atoms with Crippen molar-refractivity contribution in [1.29, 1.82) is 0 Å². The summed E-state index contributed by atoms with van der Waals surface area (Å²) >= 11 is 0. The Morgan fingerprint density at radius 2 is 1.88 bits per heavy atom. The highest BCUT2D eigenvalue weighted by Gasteiger charge is 2.12. The van der Waals surface area contributed by atoms with Crippen LogP contribution < -0.4 is 10.6 Å². The second-order valence-electron chi connectivity index (χ2n) is 4.89. The average molecular weight is 334 g/mol. The van der Waals surface area contributed by atoms with E-state index in [4.69, 9.17) is 0 Å². The van der Waals surface area contributed by atoms with Crippen LogP contribution in [0.4, 0.5) is 20.2 Å². The fraction of sp³-hybridized carbons (Fsp3) is 0.188. The van der Waals surface area contributed by atoms with Crippen LogP contribution in [0.2, 0.25) is 0 Å². The van der Waals surface area contributed by atoms with Crippen molar-refractivity contribution in [1.82, 2.24) is 9.78 Å². The summed E-state index contributed by atoms with van der Waals surface area (Å²) in [7, 11) is 0. The number of carbonyl (C=O) groups excluding carboxylic acids is 2. The van der Waals surface area contributed by atoms with E-state index in [2.05, 4.69) is 15.7 Å². The third kappa shape index (κ3) is 4.25. The predicted molar refractivity (Wildman–Crippen MR) is 86.2 cm³/mol. The third-order valence-corrected chi connectivity index (χ3v) is 3.08. The Bertz CT molecular complexity index is 799. The predicted octanol–water partition coefficient (Wildman–Crippen LogP) is 2.79. The van der Waals surface area contributed by atoms with E-state index >= 15 is 0 Å². The molecular weight excluding hydrogens is 318 g/mol. The standard InChI is InChI=1S/C16H16F2N4O2/c1-3-22-11(6-7-19-22)4-5-16(24)21-15-9-14(20-10(2)23)12(17)8-13(15)18/h4-9H,3H2,1-2H3,(H,20,23)(H,21,24). The number of nitrogens with zero attached hydrogens (tertiary/aromatic N) is 2. The number of benzene rings is 1.